The van der Waals surface area contributed by atoms with Gasteiger partial charge in [-0.15, -0.1) is 0 Å². The van der Waals surface area contributed by atoms with Crippen LogP contribution in [0.5, 0.6) is 0 Å². The van der Waals surface area contributed by atoms with Crippen LogP contribution in [0.15, 0.2) is 70.0 Å². The molecular formula is C20H17Cl2NO3S. The van der Waals surface area contributed by atoms with E-state index in [1.807, 2.05) is 24.3 Å². The number of amides is 1. The molecule has 27 heavy (non-hydrogen) atoms. The zero-order valence-electron chi connectivity index (χ0n) is 14.3. The van der Waals surface area contributed by atoms with E-state index in [1.165, 1.54) is 0 Å². The second kappa shape index (κ2) is 9.22. The van der Waals surface area contributed by atoms with Crippen molar-refractivity contribution >= 4 is 39.9 Å². The summed E-state index contributed by atoms with van der Waals surface area (Å²) < 4.78 is 18.0. The summed E-state index contributed by atoms with van der Waals surface area (Å²) in [7, 11) is -1.35. The molecule has 0 aliphatic heterocycles. The average molecular weight is 422 g/mol. The Balaban J connectivity index is 1.53. The zero-order valence-corrected chi connectivity index (χ0v) is 16.6. The molecule has 1 N–H and O–H groups in total. The maximum atomic E-state index is 12.4. The standard InChI is InChI=1S/C20H17Cl2NO3S/c21-15-7-5-14(6-8-15)11-12-23-20(24)18-10-9-16(26-18)13-27(25)19-4-2-1-3-17(19)22/h1-10H,11-13H2,(H,23,24). The van der Waals surface area contributed by atoms with E-state index in [2.05, 4.69) is 5.32 Å². The lowest BCUT2D eigenvalue weighted by Gasteiger charge is -2.04. The maximum Gasteiger partial charge on any atom is 0.287 e. The van der Waals surface area contributed by atoms with Crippen LogP contribution in [0.2, 0.25) is 10.0 Å². The van der Waals surface area contributed by atoms with Gasteiger partial charge in [-0.3, -0.25) is 9.00 Å². The number of benzene rings is 2. The molecule has 1 atom stereocenters. The van der Waals surface area contributed by atoms with Crippen LogP contribution in [0.1, 0.15) is 21.9 Å². The fourth-order valence-electron chi connectivity index (χ4n) is 2.47. The third kappa shape index (κ3) is 5.45. The first-order chi connectivity index (χ1) is 13.0. The fourth-order valence-corrected chi connectivity index (χ4v) is 4.08. The quantitative estimate of drug-likeness (QED) is 0.591. The Kier molecular flexibility index (Phi) is 6.72. The number of carbonyl (C=O) groups is 1. The van der Waals surface area contributed by atoms with Crippen LogP contribution >= 0.6 is 23.2 Å². The number of furan rings is 1. The van der Waals surface area contributed by atoms with E-state index >= 15 is 0 Å². The molecule has 0 radical (unpaired) electrons. The molecular weight excluding hydrogens is 405 g/mol. The summed E-state index contributed by atoms with van der Waals surface area (Å²) in [6, 6.07) is 17.7. The van der Waals surface area contributed by atoms with Gasteiger partial charge in [-0.1, -0.05) is 47.5 Å². The summed E-state index contributed by atoms with van der Waals surface area (Å²) >= 11 is 11.9. The molecule has 1 unspecified atom stereocenters. The first-order valence-electron chi connectivity index (χ1n) is 8.27. The number of hydrogen-bond acceptors (Lipinski definition) is 3. The highest BCUT2D eigenvalue weighted by atomic mass is 35.5. The molecule has 0 saturated carbocycles. The van der Waals surface area contributed by atoms with E-state index in [4.69, 9.17) is 27.6 Å². The van der Waals surface area contributed by atoms with E-state index in [-0.39, 0.29) is 17.4 Å². The van der Waals surface area contributed by atoms with Crippen molar-refractivity contribution in [1.29, 1.82) is 0 Å². The molecule has 4 nitrogen and oxygen atoms in total. The lowest BCUT2D eigenvalue weighted by molar-refractivity contribution is 0.0925. The van der Waals surface area contributed by atoms with Gasteiger partial charge < -0.3 is 9.73 Å². The number of nitrogens with one attached hydrogen (secondary N) is 1. The molecule has 1 aromatic heterocycles. The van der Waals surface area contributed by atoms with E-state index in [1.54, 1.807) is 36.4 Å². The summed E-state index contributed by atoms with van der Waals surface area (Å²) in [4.78, 5) is 12.7. The van der Waals surface area contributed by atoms with E-state index in [0.717, 1.165) is 5.56 Å². The van der Waals surface area contributed by atoms with Crippen molar-refractivity contribution < 1.29 is 13.4 Å². The van der Waals surface area contributed by atoms with Crippen LogP contribution in [-0.4, -0.2) is 16.7 Å². The molecule has 0 fully saturated rings. The zero-order chi connectivity index (χ0) is 19.2. The van der Waals surface area contributed by atoms with Crippen molar-refractivity contribution in [2.24, 2.45) is 0 Å². The van der Waals surface area contributed by atoms with Crippen LogP contribution in [0.25, 0.3) is 0 Å². The predicted octanol–water partition coefficient (Wildman–Crippen LogP) is 4.87. The molecule has 140 valence electrons. The molecule has 0 aliphatic rings. The molecule has 2 aromatic carbocycles. The molecule has 0 spiro atoms. The topological polar surface area (TPSA) is 59.3 Å². The van der Waals surface area contributed by atoms with Crippen molar-refractivity contribution in [3.8, 4) is 0 Å². The van der Waals surface area contributed by atoms with Crippen LogP contribution in [0.3, 0.4) is 0 Å². The molecule has 1 heterocycles. The molecule has 0 saturated heterocycles. The van der Waals surface area contributed by atoms with Crippen LogP contribution in [0.4, 0.5) is 0 Å². The number of rotatable bonds is 7. The summed E-state index contributed by atoms with van der Waals surface area (Å²) in [6.45, 7) is 0.474. The van der Waals surface area contributed by atoms with Gasteiger partial charge in [0.15, 0.2) is 5.76 Å². The van der Waals surface area contributed by atoms with Gasteiger partial charge in [0.05, 0.1) is 26.5 Å². The normalized spacial score (nSPS) is 11.9. The molecule has 3 rings (SSSR count). The van der Waals surface area contributed by atoms with Crippen molar-refractivity contribution in [1.82, 2.24) is 5.32 Å². The third-order valence-corrected chi connectivity index (χ3v) is 5.94. The van der Waals surface area contributed by atoms with Gasteiger partial charge in [-0.2, -0.15) is 0 Å². The van der Waals surface area contributed by atoms with Gasteiger partial charge in [0.2, 0.25) is 0 Å². The maximum absolute atomic E-state index is 12.4. The van der Waals surface area contributed by atoms with E-state index in [0.29, 0.717) is 33.7 Å². The van der Waals surface area contributed by atoms with Crippen LogP contribution in [0, 0.1) is 0 Å². The predicted molar refractivity (Wildman–Crippen MR) is 108 cm³/mol. The molecule has 0 bridgehead atoms. The fraction of sp³-hybridized carbons (Fsp3) is 0.150. The Bertz CT molecular complexity index is 954. The highest BCUT2D eigenvalue weighted by molar-refractivity contribution is 7.84. The number of hydrogen-bond donors (Lipinski definition) is 1. The van der Waals surface area contributed by atoms with Gasteiger partial charge in [0.25, 0.3) is 5.91 Å². The molecule has 0 aliphatic carbocycles. The lowest BCUT2D eigenvalue weighted by atomic mass is 10.1. The Morgan fingerprint density at radius 2 is 1.74 bits per heavy atom. The minimum atomic E-state index is -1.35. The summed E-state index contributed by atoms with van der Waals surface area (Å²) in [5.74, 6) is 0.508. The number of carbonyl (C=O) groups excluding carboxylic acids is 1. The Morgan fingerprint density at radius 3 is 2.48 bits per heavy atom. The lowest BCUT2D eigenvalue weighted by Crippen LogP contribution is -2.25. The highest BCUT2D eigenvalue weighted by Crippen LogP contribution is 2.22. The summed E-state index contributed by atoms with van der Waals surface area (Å²) in [5, 5.41) is 3.93. The Morgan fingerprint density at radius 1 is 1.00 bits per heavy atom. The minimum Gasteiger partial charge on any atom is -0.455 e. The van der Waals surface area contributed by atoms with E-state index in [9.17, 15) is 9.00 Å². The third-order valence-electron chi connectivity index (χ3n) is 3.85. The van der Waals surface area contributed by atoms with Crippen molar-refractivity contribution in [2.75, 3.05) is 6.54 Å². The summed E-state index contributed by atoms with van der Waals surface area (Å²) in [6.07, 6.45) is 0.687. The van der Waals surface area contributed by atoms with Gasteiger partial charge in [0, 0.05) is 11.6 Å². The Hall–Kier alpha value is -2.08. The first-order valence-corrected chi connectivity index (χ1v) is 10.3. The van der Waals surface area contributed by atoms with Crippen LogP contribution < -0.4 is 5.32 Å². The molecule has 7 heteroatoms. The van der Waals surface area contributed by atoms with Crippen LogP contribution in [-0.2, 0) is 23.0 Å². The van der Waals surface area contributed by atoms with Gasteiger partial charge in [-0.25, -0.2) is 0 Å². The Labute approximate surface area is 169 Å². The molecule has 3 aromatic rings. The highest BCUT2D eigenvalue weighted by Gasteiger charge is 2.14. The van der Waals surface area contributed by atoms with Gasteiger partial charge in [0.1, 0.15) is 5.76 Å². The SMILES string of the molecule is O=C(NCCc1ccc(Cl)cc1)c1ccc(CS(=O)c2ccccc2Cl)o1. The van der Waals surface area contributed by atoms with E-state index < -0.39 is 10.8 Å². The number of halogens is 2. The van der Waals surface area contributed by atoms with Gasteiger partial charge >= 0.3 is 0 Å². The smallest absolute Gasteiger partial charge is 0.287 e. The van der Waals surface area contributed by atoms with Crippen molar-refractivity contribution in [3.05, 3.63) is 87.8 Å². The van der Waals surface area contributed by atoms with Gasteiger partial charge in [-0.05, 0) is 48.4 Å². The second-order valence-corrected chi connectivity index (χ2v) is 8.08. The largest absolute Gasteiger partial charge is 0.455 e. The second-order valence-electron chi connectivity index (χ2n) is 5.82. The minimum absolute atomic E-state index is 0.155. The summed E-state index contributed by atoms with van der Waals surface area (Å²) in [5.41, 5.74) is 1.08. The van der Waals surface area contributed by atoms with Crippen molar-refractivity contribution in [3.63, 3.8) is 0 Å². The van der Waals surface area contributed by atoms with Crippen molar-refractivity contribution in [2.45, 2.75) is 17.1 Å². The monoisotopic (exact) mass is 421 g/mol. The average Bonchev–Trinajstić information content (AvgIpc) is 3.12. The molecule has 1 amide bonds. The first kappa shape index (κ1) is 19.7.